The van der Waals surface area contributed by atoms with Crippen molar-refractivity contribution in [2.24, 2.45) is 28.9 Å². The number of aliphatic hydroxyl groups is 10. The van der Waals surface area contributed by atoms with E-state index in [0.29, 0.717) is 24.2 Å². The van der Waals surface area contributed by atoms with Crippen LogP contribution in [-0.2, 0) is 33.2 Å². The van der Waals surface area contributed by atoms with Gasteiger partial charge in [-0.25, -0.2) is 0 Å². The van der Waals surface area contributed by atoms with Crippen LogP contribution in [0.15, 0.2) is 12.2 Å². The first-order valence-electron chi connectivity index (χ1n) is 25.4. The summed E-state index contributed by atoms with van der Waals surface area (Å²) in [6, 6.07) is -0.942. The summed E-state index contributed by atoms with van der Waals surface area (Å²) in [6.07, 6.45) is -0.846. The third kappa shape index (κ3) is 14.4. The number of allylic oxidation sites excluding steroid dienone is 1. The van der Waals surface area contributed by atoms with E-state index in [1.807, 2.05) is 6.08 Å². The van der Waals surface area contributed by atoms with Crippen molar-refractivity contribution >= 4 is 5.91 Å². The van der Waals surface area contributed by atoms with Crippen molar-refractivity contribution < 1.29 is 84.3 Å². The number of hydrogen-bond donors (Lipinski definition) is 12. The van der Waals surface area contributed by atoms with Crippen LogP contribution in [-0.4, -0.2) is 188 Å². The van der Waals surface area contributed by atoms with Crippen molar-refractivity contribution in [3.63, 3.8) is 0 Å². The van der Waals surface area contributed by atoms with E-state index in [1.54, 1.807) is 6.08 Å². The lowest BCUT2D eigenvalue weighted by molar-refractivity contribution is -0.376. The molecule has 0 unspecified atom stereocenters. The second-order valence-electron chi connectivity index (χ2n) is 20.7. The number of carbonyl (C=O) groups excluding carboxylic acids is 1. The number of unbranched alkanes of at least 4 members (excludes halogenated alkanes) is 11. The lowest BCUT2D eigenvalue weighted by Gasteiger charge is -2.56. The minimum absolute atomic E-state index is 0.0513. The maximum atomic E-state index is 13.8. The standard InChI is InChI=1S/C48H84N2O17/c1-2-3-4-5-6-7-8-9-10-11-12-13-14-15-31(53)30(50-35(54)22-48-19-27-16-28(20-48)18-29(17-27)21-48)26-62-45-41(60)38(57)44(34(25-52)65-45)67-47-42(61)39(58)43(32(23-49)63-47)66-46-40(59)37(56)36(55)33(24-51)64-46/h14-15,27-34,36-47,51-53,55-61H,2-13,16-26,49H2,1H3,(H,50,54)/b15-14+/t27?,28?,29?,30-,31+,32+,33+,34+,36-,37-,38+,39+,40+,41+,42+,43-,44+,45+,46+,47-,48?/m0/s1. The van der Waals surface area contributed by atoms with Gasteiger partial charge in [-0.2, -0.15) is 0 Å². The van der Waals surface area contributed by atoms with Crippen molar-refractivity contribution in [3.05, 3.63) is 12.2 Å². The fourth-order valence-electron chi connectivity index (χ4n) is 12.0. The molecule has 7 aliphatic rings. The monoisotopic (exact) mass is 961 g/mol. The van der Waals surface area contributed by atoms with Gasteiger partial charge < -0.3 is 90.5 Å². The Morgan fingerprint density at radius 2 is 1.13 bits per heavy atom. The molecule has 17 atom stereocenters. The normalized spacial score (nSPS) is 41.7. The van der Waals surface area contributed by atoms with Gasteiger partial charge in [-0.05, 0) is 74.5 Å². The van der Waals surface area contributed by atoms with Crippen molar-refractivity contribution in [3.8, 4) is 0 Å². The van der Waals surface area contributed by atoms with Crippen molar-refractivity contribution in [2.45, 2.75) is 233 Å². The van der Waals surface area contributed by atoms with Crippen LogP contribution in [0.2, 0.25) is 0 Å². The van der Waals surface area contributed by atoms with Gasteiger partial charge in [0.05, 0.1) is 32.0 Å². The topological polar surface area (TPSA) is 313 Å². The summed E-state index contributed by atoms with van der Waals surface area (Å²) in [5.41, 5.74) is 5.87. The summed E-state index contributed by atoms with van der Waals surface area (Å²) >= 11 is 0. The lowest BCUT2D eigenvalue weighted by Crippen LogP contribution is -2.67. The first-order valence-corrected chi connectivity index (χ1v) is 25.4. The maximum Gasteiger partial charge on any atom is 0.220 e. The molecule has 4 aliphatic carbocycles. The van der Waals surface area contributed by atoms with E-state index < -0.39 is 117 Å². The summed E-state index contributed by atoms with van der Waals surface area (Å²) in [6.45, 7) is 0.0584. The second-order valence-corrected chi connectivity index (χ2v) is 20.7. The highest BCUT2D eigenvalue weighted by atomic mass is 16.8. The Labute approximate surface area is 395 Å². The first kappa shape index (κ1) is 54.9. The van der Waals surface area contributed by atoms with Gasteiger partial charge >= 0.3 is 0 Å². The molecule has 0 aromatic rings. The summed E-state index contributed by atoms with van der Waals surface area (Å²) in [7, 11) is 0. The molecule has 4 bridgehead atoms. The smallest absolute Gasteiger partial charge is 0.220 e. The highest BCUT2D eigenvalue weighted by Crippen LogP contribution is 2.61. The van der Waals surface area contributed by atoms with E-state index in [4.69, 9.17) is 34.2 Å². The number of hydrogen-bond acceptors (Lipinski definition) is 18. The summed E-state index contributed by atoms with van der Waals surface area (Å²) in [5.74, 6) is 1.77. The predicted octanol–water partition coefficient (Wildman–Crippen LogP) is 0.127. The number of carbonyl (C=O) groups is 1. The Balaban J connectivity index is 1.03. The van der Waals surface area contributed by atoms with Gasteiger partial charge in [-0.15, -0.1) is 0 Å². The molecular weight excluding hydrogens is 877 g/mol. The van der Waals surface area contributed by atoms with Gasteiger partial charge in [0, 0.05) is 13.0 Å². The molecule has 4 saturated carbocycles. The van der Waals surface area contributed by atoms with E-state index in [-0.39, 0.29) is 24.5 Å². The molecule has 0 spiro atoms. The number of aliphatic hydroxyl groups excluding tert-OH is 10. The van der Waals surface area contributed by atoms with Crippen molar-refractivity contribution in [1.29, 1.82) is 0 Å². The molecule has 7 rings (SSSR count). The number of nitrogens with two attached hydrogens (primary N) is 1. The third-order valence-corrected chi connectivity index (χ3v) is 15.3. The van der Waals surface area contributed by atoms with Crippen LogP contribution in [0.3, 0.4) is 0 Å². The molecule has 3 heterocycles. The van der Waals surface area contributed by atoms with Crippen LogP contribution in [0, 0.1) is 23.2 Å². The highest BCUT2D eigenvalue weighted by Gasteiger charge is 2.54. The van der Waals surface area contributed by atoms with E-state index >= 15 is 0 Å². The Hall–Kier alpha value is -1.47. The molecule has 0 aromatic carbocycles. The summed E-state index contributed by atoms with van der Waals surface area (Å²) in [4.78, 5) is 13.8. The van der Waals surface area contributed by atoms with E-state index in [0.717, 1.165) is 44.9 Å². The number of rotatable bonds is 27. The van der Waals surface area contributed by atoms with Gasteiger partial charge in [-0.3, -0.25) is 4.79 Å². The van der Waals surface area contributed by atoms with Gasteiger partial charge in [-0.1, -0.05) is 83.3 Å². The first-order chi connectivity index (χ1) is 32.2. The predicted molar refractivity (Wildman–Crippen MR) is 240 cm³/mol. The fraction of sp³-hybridized carbons (Fsp3) is 0.938. The minimum Gasteiger partial charge on any atom is -0.394 e. The van der Waals surface area contributed by atoms with Crippen LogP contribution in [0.5, 0.6) is 0 Å². The van der Waals surface area contributed by atoms with Crippen LogP contribution in [0.4, 0.5) is 0 Å². The second kappa shape index (κ2) is 26.3. The molecule has 3 aliphatic heterocycles. The minimum atomic E-state index is -1.91. The average molecular weight is 961 g/mol. The highest BCUT2D eigenvalue weighted by molar-refractivity contribution is 5.77. The zero-order chi connectivity index (χ0) is 48.3. The van der Waals surface area contributed by atoms with E-state index in [2.05, 4.69) is 12.2 Å². The molecular formula is C48H84N2O17. The average Bonchev–Trinajstić information content (AvgIpc) is 3.30. The quantitative estimate of drug-likeness (QED) is 0.0385. The van der Waals surface area contributed by atoms with Crippen LogP contribution < -0.4 is 11.1 Å². The Bertz CT molecular complexity index is 1460. The Kier molecular flexibility index (Phi) is 21.5. The zero-order valence-corrected chi connectivity index (χ0v) is 39.4. The van der Waals surface area contributed by atoms with Gasteiger partial charge in [0.25, 0.3) is 0 Å². The third-order valence-electron chi connectivity index (χ3n) is 15.3. The Morgan fingerprint density at radius 1 is 0.657 bits per heavy atom. The summed E-state index contributed by atoms with van der Waals surface area (Å²) < 4.78 is 34.6. The summed E-state index contributed by atoms with van der Waals surface area (Å²) in [5, 5.41) is 110. The molecule has 7 fully saturated rings. The molecule has 19 nitrogen and oxygen atoms in total. The van der Waals surface area contributed by atoms with E-state index in [1.165, 1.54) is 70.6 Å². The lowest BCUT2D eigenvalue weighted by atomic mass is 9.49. The SMILES string of the molecule is CCCCCCCCCCCCC/C=C/[C@@H](O)[C@H](CO[C@@H]1O[C@H](CO)[C@@H](O[C@@H]2O[C@H](CN)[C@H](O[C@H]3O[C@H](CO)[C@H](O)[C@H](O)[C@H]3O)[C@H](O)[C@H]2O)[C@H](O)[C@H]1O)NC(=O)CC12CC3CC(CC(C3)C1)C2. The zero-order valence-electron chi connectivity index (χ0n) is 39.4. The molecule has 1 amide bonds. The molecule has 67 heavy (non-hydrogen) atoms. The maximum absolute atomic E-state index is 13.8. The molecule has 3 saturated heterocycles. The van der Waals surface area contributed by atoms with Crippen LogP contribution >= 0.6 is 0 Å². The van der Waals surface area contributed by atoms with E-state index in [9.17, 15) is 55.9 Å². The number of ether oxygens (including phenoxy) is 6. The molecule has 0 radical (unpaired) electrons. The Morgan fingerprint density at radius 3 is 1.67 bits per heavy atom. The van der Waals surface area contributed by atoms with Crippen molar-refractivity contribution in [2.75, 3.05) is 26.4 Å². The molecule has 13 N–H and O–H groups in total. The number of nitrogens with one attached hydrogen (secondary N) is 1. The van der Waals surface area contributed by atoms with Crippen molar-refractivity contribution in [1.82, 2.24) is 5.32 Å². The fourth-order valence-corrected chi connectivity index (χ4v) is 12.0. The van der Waals surface area contributed by atoms with Gasteiger partial charge in [0.15, 0.2) is 18.9 Å². The molecule has 0 aromatic heterocycles. The largest absolute Gasteiger partial charge is 0.394 e. The number of amides is 1. The van der Waals surface area contributed by atoms with Crippen LogP contribution in [0.25, 0.3) is 0 Å². The van der Waals surface area contributed by atoms with Gasteiger partial charge in [0.1, 0.15) is 73.2 Å². The van der Waals surface area contributed by atoms with Crippen LogP contribution in [0.1, 0.15) is 129 Å². The molecule has 19 heteroatoms. The molecule has 388 valence electrons. The van der Waals surface area contributed by atoms with Gasteiger partial charge in [0.2, 0.25) is 5.91 Å².